The number of piperazine rings is 1. The molecule has 88 valence electrons. The van der Waals surface area contributed by atoms with Gasteiger partial charge in [0, 0.05) is 38.6 Å². The summed E-state index contributed by atoms with van der Waals surface area (Å²) >= 11 is 0. The molecule has 16 heavy (non-hydrogen) atoms. The van der Waals surface area contributed by atoms with E-state index in [4.69, 9.17) is 5.73 Å². The fourth-order valence-electron chi connectivity index (χ4n) is 1.86. The van der Waals surface area contributed by atoms with Crippen molar-refractivity contribution in [3.05, 3.63) is 18.5 Å². The summed E-state index contributed by atoms with van der Waals surface area (Å²) in [4.78, 5) is 12.3. The lowest BCUT2D eigenvalue weighted by molar-refractivity contribution is -0.00161. The summed E-state index contributed by atoms with van der Waals surface area (Å²) in [6.07, 6.45) is 2.93. The number of hydrogen-bond acceptors (Lipinski definition) is 6. The van der Waals surface area contributed by atoms with Crippen molar-refractivity contribution in [3.8, 4) is 0 Å². The van der Waals surface area contributed by atoms with Crippen LogP contribution in [0.2, 0.25) is 0 Å². The van der Waals surface area contributed by atoms with Gasteiger partial charge in [-0.15, -0.1) is 0 Å². The normalized spacial score (nSPS) is 22.4. The molecule has 0 spiro atoms. The van der Waals surface area contributed by atoms with Gasteiger partial charge in [0.2, 0.25) is 5.95 Å². The molecule has 0 bridgehead atoms. The zero-order valence-corrected chi connectivity index (χ0v) is 9.16. The molecule has 6 heteroatoms. The Morgan fingerprint density at radius 3 is 2.75 bits per heavy atom. The fraction of sp³-hybridized carbons (Fsp3) is 0.600. The summed E-state index contributed by atoms with van der Waals surface area (Å²) in [6.45, 7) is 3.44. The van der Waals surface area contributed by atoms with Crippen LogP contribution in [0.4, 0.5) is 5.95 Å². The molecule has 1 aromatic rings. The molecular weight excluding hydrogens is 206 g/mol. The predicted molar refractivity (Wildman–Crippen MR) is 60.9 cm³/mol. The number of β-amino-alcohol motifs (C(OH)–C–C–N with tert-alkyl or cyclic N) is 1. The van der Waals surface area contributed by atoms with Crippen molar-refractivity contribution in [3.63, 3.8) is 0 Å². The van der Waals surface area contributed by atoms with Crippen molar-refractivity contribution >= 4 is 5.95 Å². The van der Waals surface area contributed by atoms with E-state index in [0.717, 1.165) is 19.6 Å². The topological polar surface area (TPSA) is 78.5 Å². The molecule has 1 aliphatic heterocycles. The molecular formula is C10H17N5O. The minimum absolute atomic E-state index is 0.485. The highest BCUT2D eigenvalue weighted by molar-refractivity contribution is 5.29. The molecule has 0 aliphatic carbocycles. The first-order valence-electron chi connectivity index (χ1n) is 5.45. The molecule has 0 aromatic carbocycles. The number of nitrogens with zero attached hydrogens (tertiary/aromatic N) is 4. The maximum atomic E-state index is 9.90. The zero-order valence-electron chi connectivity index (χ0n) is 9.16. The van der Waals surface area contributed by atoms with E-state index in [1.165, 1.54) is 0 Å². The average molecular weight is 223 g/mol. The minimum atomic E-state index is -0.485. The van der Waals surface area contributed by atoms with E-state index in [0.29, 0.717) is 19.0 Å². The standard InChI is InChI=1S/C10H17N5O/c11-2-5-14-6-7-15(8-9(14)16)10-12-3-1-4-13-10/h1,3-4,9,16H,2,5-8,11H2. The third-order valence-corrected chi connectivity index (χ3v) is 2.71. The maximum Gasteiger partial charge on any atom is 0.225 e. The van der Waals surface area contributed by atoms with E-state index in [1.54, 1.807) is 18.5 Å². The van der Waals surface area contributed by atoms with Crippen molar-refractivity contribution in [2.24, 2.45) is 5.73 Å². The SMILES string of the molecule is NCCN1CCN(c2ncccn2)CC1O. The summed E-state index contributed by atoms with van der Waals surface area (Å²) < 4.78 is 0. The molecule has 2 rings (SSSR count). The van der Waals surface area contributed by atoms with Gasteiger partial charge in [-0.25, -0.2) is 9.97 Å². The van der Waals surface area contributed by atoms with E-state index in [9.17, 15) is 5.11 Å². The maximum absolute atomic E-state index is 9.90. The largest absolute Gasteiger partial charge is 0.376 e. The van der Waals surface area contributed by atoms with E-state index in [1.807, 2.05) is 9.80 Å². The lowest BCUT2D eigenvalue weighted by atomic mass is 10.3. The van der Waals surface area contributed by atoms with Gasteiger partial charge in [-0.3, -0.25) is 4.90 Å². The van der Waals surface area contributed by atoms with Gasteiger partial charge < -0.3 is 15.7 Å². The lowest BCUT2D eigenvalue weighted by Gasteiger charge is -2.38. The Labute approximate surface area is 94.7 Å². The van der Waals surface area contributed by atoms with Crippen molar-refractivity contribution < 1.29 is 5.11 Å². The van der Waals surface area contributed by atoms with Crippen LogP contribution in [0.25, 0.3) is 0 Å². The van der Waals surface area contributed by atoms with Gasteiger partial charge in [-0.1, -0.05) is 0 Å². The molecule has 1 atom stereocenters. The third-order valence-electron chi connectivity index (χ3n) is 2.71. The highest BCUT2D eigenvalue weighted by Crippen LogP contribution is 2.12. The van der Waals surface area contributed by atoms with E-state index < -0.39 is 6.23 Å². The Balaban J connectivity index is 1.97. The molecule has 1 unspecified atom stereocenters. The van der Waals surface area contributed by atoms with Crippen molar-refractivity contribution in [1.29, 1.82) is 0 Å². The van der Waals surface area contributed by atoms with Crippen molar-refractivity contribution in [1.82, 2.24) is 14.9 Å². The van der Waals surface area contributed by atoms with Crippen LogP contribution in [0.3, 0.4) is 0 Å². The minimum Gasteiger partial charge on any atom is -0.376 e. The van der Waals surface area contributed by atoms with E-state index in [-0.39, 0.29) is 0 Å². The van der Waals surface area contributed by atoms with E-state index >= 15 is 0 Å². The van der Waals surface area contributed by atoms with Gasteiger partial charge in [0.25, 0.3) is 0 Å². The Morgan fingerprint density at radius 1 is 1.38 bits per heavy atom. The van der Waals surface area contributed by atoms with Crippen LogP contribution >= 0.6 is 0 Å². The Morgan fingerprint density at radius 2 is 2.12 bits per heavy atom. The summed E-state index contributed by atoms with van der Waals surface area (Å²) in [5, 5.41) is 9.90. The number of rotatable bonds is 3. The van der Waals surface area contributed by atoms with E-state index in [2.05, 4.69) is 9.97 Å². The summed E-state index contributed by atoms with van der Waals surface area (Å²) in [5.41, 5.74) is 5.48. The van der Waals surface area contributed by atoms with Crippen molar-refractivity contribution in [2.45, 2.75) is 6.23 Å². The first-order valence-corrected chi connectivity index (χ1v) is 5.45. The molecule has 3 N–H and O–H groups in total. The summed E-state index contributed by atoms with van der Waals surface area (Å²) in [7, 11) is 0. The molecule has 1 saturated heterocycles. The van der Waals surface area contributed by atoms with Crippen LogP contribution < -0.4 is 10.6 Å². The zero-order chi connectivity index (χ0) is 11.4. The molecule has 0 amide bonds. The molecule has 1 aromatic heterocycles. The molecule has 1 aliphatic rings. The molecule has 6 nitrogen and oxygen atoms in total. The number of aliphatic hydroxyl groups excluding tert-OH is 1. The molecule has 0 radical (unpaired) electrons. The summed E-state index contributed by atoms with van der Waals surface area (Å²) in [6, 6.07) is 1.78. The second kappa shape index (κ2) is 5.20. The summed E-state index contributed by atoms with van der Waals surface area (Å²) in [5.74, 6) is 0.675. The highest BCUT2D eigenvalue weighted by atomic mass is 16.3. The smallest absolute Gasteiger partial charge is 0.225 e. The lowest BCUT2D eigenvalue weighted by Crippen LogP contribution is -2.54. The Hall–Kier alpha value is -1.24. The third kappa shape index (κ3) is 2.46. The monoisotopic (exact) mass is 223 g/mol. The Bertz CT molecular complexity index is 320. The average Bonchev–Trinajstić information content (AvgIpc) is 2.33. The second-order valence-electron chi connectivity index (χ2n) is 3.80. The van der Waals surface area contributed by atoms with Crippen LogP contribution in [0.15, 0.2) is 18.5 Å². The fourth-order valence-corrected chi connectivity index (χ4v) is 1.86. The van der Waals surface area contributed by atoms with Crippen molar-refractivity contribution in [2.75, 3.05) is 37.6 Å². The van der Waals surface area contributed by atoms with Crippen LogP contribution in [0, 0.1) is 0 Å². The number of hydrogen-bond donors (Lipinski definition) is 2. The van der Waals surface area contributed by atoms with Crippen LogP contribution in [0.1, 0.15) is 0 Å². The van der Waals surface area contributed by atoms with Gasteiger partial charge in [0.15, 0.2) is 0 Å². The molecule has 0 saturated carbocycles. The van der Waals surface area contributed by atoms with Gasteiger partial charge in [0.05, 0.1) is 6.54 Å². The number of aliphatic hydroxyl groups is 1. The molecule has 1 fully saturated rings. The first-order chi connectivity index (χ1) is 7.81. The van der Waals surface area contributed by atoms with Gasteiger partial charge in [0.1, 0.15) is 6.23 Å². The van der Waals surface area contributed by atoms with Crippen LogP contribution in [-0.2, 0) is 0 Å². The Kier molecular flexibility index (Phi) is 3.66. The number of nitrogens with two attached hydrogens (primary N) is 1. The first kappa shape index (κ1) is 11.3. The quantitative estimate of drug-likeness (QED) is 0.675. The molecule has 2 heterocycles. The second-order valence-corrected chi connectivity index (χ2v) is 3.80. The van der Waals surface area contributed by atoms with Gasteiger partial charge in [-0.2, -0.15) is 0 Å². The predicted octanol–water partition coefficient (Wildman–Crippen LogP) is -1.12. The number of aromatic nitrogens is 2. The van der Waals surface area contributed by atoms with Crippen LogP contribution in [-0.4, -0.2) is 58.9 Å². The van der Waals surface area contributed by atoms with Gasteiger partial charge >= 0.3 is 0 Å². The highest BCUT2D eigenvalue weighted by Gasteiger charge is 2.25. The van der Waals surface area contributed by atoms with Gasteiger partial charge in [-0.05, 0) is 6.07 Å². The van der Waals surface area contributed by atoms with Crippen LogP contribution in [0.5, 0.6) is 0 Å². The number of anilines is 1.